The number of hydrogen-bond donors (Lipinski definition) is 1. The Morgan fingerprint density at radius 2 is 1.93 bits per heavy atom. The number of fused-ring (bicyclic) bond motifs is 1. The molecule has 5 rings (SSSR count). The first kappa shape index (κ1) is 17.3. The van der Waals surface area contributed by atoms with Crippen LogP contribution in [-0.2, 0) is 4.79 Å². The number of benzene rings is 1. The zero-order valence-corrected chi connectivity index (χ0v) is 15.6. The molecule has 2 unspecified atom stereocenters. The number of likely N-dealkylation sites (tertiary alicyclic amines) is 1. The van der Waals surface area contributed by atoms with Gasteiger partial charge >= 0.3 is 5.97 Å². The van der Waals surface area contributed by atoms with Crippen LogP contribution in [0.2, 0.25) is 0 Å². The molecule has 3 heterocycles. The summed E-state index contributed by atoms with van der Waals surface area (Å²) >= 11 is 0. The van der Waals surface area contributed by atoms with Gasteiger partial charge in [0.05, 0.1) is 35.2 Å². The molecule has 1 aliphatic carbocycles. The molecular formula is C21H23N5O2. The third kappa shape index (κ3) is 3.38. The number of carboxylic acids is 1. The van der Waals surface area contributed by atoms with Crippen LogP contribution in [0.1, 0.15) is 31.7 Å². The third-order valence-electron chi connectivity index (χ3n) is 6.01. The molecule has 144 valence electrons. The average molecular weight is 377 g/mol. The van der Waals surface area contributed by atoms with E-state index in [1.54, 1.807) is 0 Å². The quantitative estimate of drug-likeness (QED) is 0.736. The highest BCUT2D eigenvalue weighted by Gasteiger charge is 2.43. The molecule has 2 aliphatic rings. The van der Waals surface area contributed by atoms with Crippen LogP contribution in [0.15, 0.2) is 42.9 Å². The molecule has 1 saturated carbocycles. The van der Waals surface area contributed by atoms with Crippen molar-refractivity contribution in [3.8, 4) is 11.3 Å². The molecule has 2 fully saturated rings. The molecule has 2 atom stereocenters. The van der Waals surface area contributed by atoms with E-state index in [0.717, 1.165) is 54.6 Å². The molecule has 1 aliphatic heterocycles. The fourth-order valence-electron chi connectivity index (χ4n) is 4.37. The first-order valence-electron chi connectivity index (χ1n) is 9.89. The summed E-state index contributed by atoms with van der Waals surface area (Å²) in [4.78, 5) is 22.5. The fraction of sp³-hybridized carbons (Fsp3) is 0.429. The normalized spacial score (nSPS) is 23.1. The highest BCUT2D eigenvalue weighted by molar-refractivity contribution is 5.76. The van der Waals surface area contributed by atoms with Gasteiger partial charge < -0.3 is 5.11 Å². The molecule has 7 heteroatoms. The van der Waals surface area contributed by atoms with Gasteiger partial charge in [-0.05, 0) is 37.3 Å². The summed E-state index contributed by atoms with van der Waals surface area (Å²) in [6.45, 7) is 2.02. The molecule has 0 spiro atoms. The second-order valence-corrected chi connectivity index (χ2v) is 7.88. The maximum atomic E-state index is 10.9. The Hall–Kier alpha value is -2.80. The molecule has 2 aromatic heterocycles. The third-order valence-corrected chi connectivity index (χ3v) is 6.01. The zero-order valence-electron chi connectivity index (χ0n) is 15.6. The molecule has 28 heavy (non-hydrogen) atoms. The van der Waals surface area contributed by atoms with Gasteiger partial charge in [-0.15, -0.1) is 0 Å². The summed E-state index contributed by atoms with van der Waals surface area (Å²) in [6, 6.07) is 8.73. The lowest BCUT2D eigenvalue weighted by Gasteiger charge is -2.32. The molecule has 1 N–H and O–H groups in total. The Balaban J connectivity index is 1.24. The van der Waals surface area contributed by atoms with Crippen molar-refractivity contribution < 1.29 is 9.90 Å². The minimum atomic E-state index is -0.678. The van der Waals surface area contributed by atoms with Gasteiger partial charge in [0.15, 0.2) is 0 Å². The predicted octanol–water partition coefficient (Wildman–Crippen LogP) is 2.99. The Kier molecular flexibility index (Phi) is 4.31. The van der Waals surface area contributed by atoms with E-state index in [2.05, 4.69) is 25.9 Å². The van der Waals surface area contributed by atoms with Crippen molar-refractivity contribution in [2.24, 2.45) is 5.92 Å². The van der Waals surface area contributed by atoms with Gasteiger partial charge in [0.1, 0.15) is 0 Å². The predicted molar refractivity (Wildman–Crippen MR) is 105 cm³/mol. The van der Waals surface area contributed by atoms with Crippen LogP contribution in [0.4, 0.5) is 0 Å². The summed E-state index contributed by atoms with van der Waals surface area (Å²) in [7, 11) is 0. The van der Waals surface area contributed by atoms with Crippen molar-refractivity contribution in [3.05, 3.63) is 42.9 Å². The van der Waals surface area contributed by atoms with E-state index in [4.69, 9.17) is 10.1 Å². The van der Waals surface area contributed by atoms with E-state index in [-0.39, 0.29) is 0 Å². The standard InChI is InChI=1S/C21H23N5O2/c27-21(28)10-14-9-20(14)25-7-5-16(6-8-25)26-13-15(11-23-26)19-12-22-17-3-1-2-4-18(17)24-19/h1-4,11-14,16,20H,5-10H2,(H,27,28). The lowest BCUT2D eigenvalue weighted by atomic mass is 10.0. The Labute approximate surface area is 163 Å². The maximum Gasteiger partial charge on any atom is 0.303 e. The Morgan fingerprint density at radius 1 is 1.14 bits per heavy atom. The van der Waals surface area contributed by atoms with E-state index in [9.17, 15) is 4.79 Å². The first-order valence-corrected chi connectivity index (χ1v) is 9.89. The smallest absolute Gasteiger partial charge is 0.303 e. The highest BCUT2D eigenvalue weighted by Crippen LogP contribution is 2.40. The molecule has 3 aromatic rings. The van der Waals surface area contributed by atoms with Crippen LogP contribution in [-0.4, -0.2) is 54.9 Å². The van der Waals surface area contributed by atoms with E-state index >= 15 is 0 Å². The van der Waals surface area contributed by atoms with Crippen molar-refractivity contribution in [3.63, 3.8) is 0 Å². The minimum Gasteiger partial charge on any atom is -0.481 e. The summed E-state index contributed by atoms with van der Waals surface area (Å²) in [5, 5.41) is 13.5. The lowest BCUT2D eigenvalue weighted by Crippen LogP contribution is -2.37. The number of carboxylic acid groups (broad SMARTS) is 1. The summed E-state index contributed by atoms with van der Waals surface area (Å²) in [5.41, 5.74) is 3.62. The molecule has 0 amide bonds. The van der Waals surface area contributed by atoms with Crippen LogP contribution in [0.3, 0.4) is 0 Å². The Morgan fingerprint density at radius 3 is 2.71 bits per heavy atom. The largest absolute Gasteiger partial charge is 0.481 e. The molecule has 1 aromatic carbocycles. The van der Waals surface area contributed by atoms with E-state index < -0.39 is 5.97 Å². The van der Waals surface area contributed by atoms with Gasteiger partial charge in [0, 0.05) is 37.3 Å². The van der Waals surface area contributed by atoms with Crippen LogP contribution >= 0.6 is 0 Å². The second-order valence-electron chi connectivity index (χ2n) is 7.88. The summed E-state index contributed by atoms with van der Waals surface area (Å²) < 4.78 is 2.06. The zero-order chi connectivity index (χ0) is 19.1. The van der Waals surface area contributed by atoms with E-state index in [1.165, 1.54) is 0 Å². The minimum absolute atomic E-state index is 0.305. The van der Waals surface area contributed by atoms with Crippen LogP contribution in [0.25, 0.3) is 22.3 Å². The number of piperidine rings is 1. The number of carbonyl (C=O) groups is 1. The number of aliphatic carboxylic acids is 1. The molecule has 0 radical (unpaired) electrons. The topological polar surface area (TPSA) is 84.1 Å². The lowest BCUT2D eigenvalue weighted by molar-refractivity contribution is -0.137. The Bertz CT molecular complexity index is 1010. The van der Waals surface area contributed by atoms with Crippen LogP contribution < -0.4 is 0 Å². The SMILES string of the molecule is O=C(O)CC1CC1N1CCC(n2cc(-c3cnc4ccccc4n3)cn2)CC1. The van der Waals surface area contributed by atoms with Crippen molar-refractivity contribution in [1.82, 2.24) is 24.6 Å². The fourth-order valence-corrected chi connectivity index (χ4v) is 4.37. The maximum absolute atomic E-state index is 10.9. The number of rotatable bonds is 5. The molecule has 7 nitrogen and oxygen atoms in total. The van der Waals surface area contributed by atoms with Gasteiger partial charge in [-0.2, -0.15) is 5.10 Å². The molecule has 0 bridgehead atoms. The first-order chi connectivity index (χ1) is 13.7. The van der Waals surface area contributed by atoms with Crippen molar-refractivity contribution in [1.29, 1.82) is 0 Å². The van der Waals surface area contributed by atoms with Gasteiger partial charge in [0.25, 0.3) is 0 Å². The number of nitrogens with zero attached hydrogens (tertiary/aromatic N) is 5. The molecule has 1 saturated heterocycles. The van der Waals surface area contributed by atoms with Crippen LogP contribution in [0.5, 0.6) is 0 Å². The van der Waals surface area contributed by atoms with Crippen LogP contribution in [0, 0.1) is 5.92 Å². The van der Waals surface area contributed by atoms with E-state index in [0.29, 0.717) is 24.4 Å². The number of hydrogen-bond acceptors (Lipinski definition) is 5. The van der Waals surface area contributed by atoms with Gasteiger partial charge in [0.2, 0.25) is 0 Å². The van der Waals surface area contributed by atoms with E-state index in [1.807, 2.05) is 36.7 Å². The monoisotopic (exact) mass is 377 g/mol. The number of para-hydroxylation sites is 2. The number of aromatic nitrogens is 4. The van der Waals surface area contributed by atoms with Gasteiger partial charge in [-0.3, -0.25) is 19.4 Å². The van der Waals surface area contributed by atoms with Gasteiger partial charge in [-0.1, -0.05) is 12.1 Å². The van der Waals surface area contributed by atoms with Crippen molar-refractivity contribution in [2.45, 2.75) is 37.8 Å². The average Bonchev–Trinajstić information content (AvgIpc) is 3.29. The summed E-state index contributed by atoms with van der Waals surface area (Å²) in [6.07, 6.45) is 9.17. The van der Waals surface area contributed by atoms with Crippen molar-refractivity contribution >= 4 is 17.0 Å². The van der Waals surface area contributed by atoms with Crippen molar-refractivity contribution in [2.75, 3.05) is 13.1 Å². The van der Waals surface area contributed by atoms with Gasteiger partial charge in [-0.25, -0.2) is 4.98 Å². The second kappa shape index (κ2) is 6.98. The summed E-state index contributed by atoms with van der Waals surface area (Å²) in [5.74, 6) is -0.333. The highest BCUT2D eigenvalue weighted by atomic mass is 16.4. The molecular weight excluding hydrogens is 354 g/mol.